The molecule has 15 heteroatoms. The van der Waals surface area contributed by atoms with Gasteiger partial charge in [-0.05, 0) is 227 Å². The number of hydrogen-bond donors (Lipinski definition) is 0. The highest BCUT2D eigenvalue weighted by Crippen LogP contribution is 2.69. The lowest BCUT2D eigenvalue weighted by molar-refractivity contribution is -0.0709. The number of allylic oxidation sites excluding steroid dienone is 2. The van der Waals surface area contributed by atoms with Crippen LogP contribution in [0.15, 0.2) is 88.1 Å². The molecule has 0 radical (unpaired) electrons. The molecule has 4 aliphatic heterocycles. The molecule has 0 aromatic heterocycles. The second-order valence-corrected chi connectivity index (χ2v) is 32.2. The van der Waals surface area contributed by atoms with Crippen molar-refractivity contribution in [3.63, 3.8) is 0 Å². The maximum absolute atomic E-state index is 13.6. The standard InChI is InChI=1S/C36H51NO6S.C35H48N4O3/c1-22-17-32-33(37(20-22)34(38)41-21-25-9-7-6-8-10-25)24(3)36(42-32)16-14-28-29-12-11-26-18-27(43-44(5,39)40)13-15-35(26,4)31(29)19-30(28)23(36)2;1-21-16-31-32(39(19-21)33(40)41-20-24-8-6-5-7-9-24)23(3)35(42-31)15-13-27-28-11-10-25-17-26(37-38-36)12-14-34(25,4)30(28)18-29(27)22(35)2/h6-10,22,24,26-29,31-33H,11-21H2,1-5H3;5-9,21,23,25-28,30-32H,10-20H2,1-4H3/t22-,24+,26+,27-,28-,29-,31-,32+,33-,35-,36-;21-,23+,25+,26?,27-,28-,30-,31+,32-,34-,35-/m00/s1. The van der Waals surface area contributed by atoms with Crippen LogP contribution >= 0.6 is 0 Å². The van der Waals surface area contributed by atoms with Crippen LogP contribution in [0.1, 0.15) is 182 Å². The Morgan fingerprint density at radius 1 is 0.628 bits per heavy atom. The number of azide groups is 1. The molecule has 0 N–H and O–H groups in total. The lowest BCUT2D eigenvalue weighted by atomic mass is 9.52. The molecule has 468 valence electrons. The second-order valence-electron chi connectivity index (χ2n) is 30.6. The SMILES string of the molecule is CC1=C2C[C@H]3[C@@H](CC[C@@H]4CC(N=[N+]=[N-])CC[C@@]43C)[C@@H]2CC[C@]12O[C@@H]1C[C@H](C)CN(C(=O)OCc3ccccc3)[C@H]1[C@H]2C.CC1=C2C[C@H]3[C@@H](CC[C@@H]4C[C@@H](OS(C)(=O)=O)CC[C@@]43C)[C@@H]2CC[C@]12O[C@@H]1C[C@H](C)CN(C(=O)OCc3ccccc3)[C@H]1[C@H]2C. The van der Waals surface area contributed by atoms with E-state index < -0.39 is 10.1 Å². The van der Waals surface area contributed by atoms with Gasteiger partial charge >= 0.3 is 12.2 Å². The number of hydrogen-bond acceptors (Lipinski definition) is 10. The van der Waals surface area contributed by atoms with E-state index in [2.05, 4.69) is 65.4 Å². The van der Waals surface area contributed by atoms with Gasteiger partial charge in [0.2, 0.25) is 0 Å². The van der Waals surface area contributed by atoms with Gasteiger partial charge in [0.25, 0.3) is 10.1 Å². The lowest BCUT2D eigenvalue weighted by Gasteiger charge is -2.54. The van der Waals surface area contributed by atoms with Gasteiger partial charge in [-0.25, -0.2) is 9.59 Å². The molecule has 6 saturated carbocycles. The molecule has 4 saturated heterocycles. The zero-order valence-electron chi connectivity index (χ0n) is 53.0. The topological polar surface area (TPSA) is 170 Å². The van der Waals surface area contributed by atoms with Crippen LogP contribution in [-0.4, -0.2) is 97.4 Å². The molecule has 10 fully saturated rings. The van der Waals surface area contributed by atoms with Crippen molar-refractivity contribution in [2.45, 2.75) is 232 Å². The first kappa shape index (κ1) is 60.5. The summed E-state index contributed by atoms with van der Waals surface area (Å²) in [5.41, 5.74) is 17.3. The van der Waals surface area contributed by atoms with Crippen molar-refractivity contribution >= 4 is 22.3 Å². The lowest BCUT2D eigenvalue weighted by Crippen LogP contribution is -2.54. The van der Waals surface area contributed by atoms with Crippen molar-refractivity contribution < 1.29 is 41.1 Å². The van der Waals surface area contributed by atoms with Gasteiger partial charge in [-0.15, -0.1) is 0 Å². The number of piperidine rings is 2. The summed E-state index contributed by atoms with van der Waals surface area (Å²) < 4.78 is 55.4. The summed E-state index contributed by atoms with van der Waals surface area (Å²) in [4.78, 5) is 34.3. The molecule has 2 amide bonds. The van der Waals surface area contributed by atoms with E-state index in [9.17, 15) is 18.0 Å². The van der Waals surface area contributed by atoms with Gasteiger partial charge in [-0.3, -0.25) is 4.18 Å². The Hall–Kier alpha value is -4.40. The maximum Gasteiger partial charge on any atom is 0.410 e. The van der Waals surface area contributed by atoms with Crippen molar-refractivity contribution in [1.29, 1.82) is 0 Å². The Kier molecular flexibility index (Phi) is 16.3. The second kappa shape index (κ2) is 23.1. The van der Waals surface area contributed by atoms with Gasteiger partial charge in [-0.2, -0.15) is 8.42 Å². The molecular weight excluding hydrogens is 1100 g/mol. The van der Waals surface area contributed by atoms with Crippen LogP contribution in [0.3, 0.4) is 0 Å². The molecule has 14 nitrogen and oxygen atoms in total. The zero-order chi connectivity index (χ0) is 60.2. The highest BCUT2D eigenvalue weighted by atomic mass is 32.2. The van der Waals surface area contributed by atoms with Gasteiger partial charge in [0.15, 0.2) is 0 Å². The third kappa shape index (κ3) is 10.4. The monoisotopic (exact) mass is 1200 g/mol. The molecule has 12 aliphatic rings. The minimum Gasteiger partial charge on any atom is -0.445 e. The van der Waals surface area contributed by atoms with Crippen LogP contribution in [-0.2, 0) is 46.5 Å². The third-order valence-corrected chi connectivity index (χ3v) is 27.1. The Morgan fingerprint density at radius 2 is 1.08 bits per heavy atom. The van der Waals surface area contributed by atoms with Gasteiger partial charge in [0.05, 0.1) is 47.9 Å². The summed E-state index contributed by atoms with van der Waals surface area (Å²) >= 11 is 0. The van der Waals surface area contributed by atoms with Crippen LogP contribution in [0.4, 0.5) is 9.59 Å². The molecule has 1 unspecified atom stereocenters. The van der Waals surface area contributed by atoms with E-state index in [0.717, 1.165) is 100 Å². The normalized spacial score (nSPS) is 43.7. The van der Waals surface area contributed by atoms with Crippen LogP contribution in [0.25, 0.3) is 10.4 Å². The highest BCUT2D eigenvalue weighted by Gasteiger charge is 2.66. The van der Waals surface area contributed by atoms with Crippen molar-refractivity contribution in [3.8, 4) is 0 Å². The average molecular weight is 1200 g/mol. The minimum atomic E-state index is -3.43. The number of nitrogens with zero attached hydrogens (tertiary/aromatic N) is 5. The zero-order valence-corrected chi connectivity index (χ0v) is 53.9. The molecule has 2 aromatic rings. The van der Waals surface area contributed by atoms with E-state index in [-0.39, 0.29) is 83.7 Å². The number of carbonyl (C=O) groups is 2. The first-order valence-corrected chi connectivity index (χ1v) is 35.6. The number of fused-ring (bicyclic) bond motifs is 12. The van der Waals surface area contributed by atoms with Crippen molar-refractivity contribution in [3.05, 3.63) is 105 Å². The minimum absolute atomic E-state index is 0.0253. The van der Waals surface area contributed by atoms with E-state index in [0.29, 0.717) is 65.9 Å². The van der Waals surface area contributed by atoms with E-state index in [1.165, 1.54) is 62.3 Å². The fourth-order valence-electron chi connectivity index (χ4n) is 22.3. The van der Waals surface area contributed by atoms with Gasteiger partial charge in [-0.1, -0.05) is 118 Å². The molecule has 86 heavy (non-hydrogen) atoms. The Morgan fingerprint density at radius 3 is 1.53 bits per heavy atom. The van der Waals surface area contributed by atoms with Crippen LogP contribution in [0.2, 0.25) is 0 Å². The summed E-state index contributed by atoms with van der Waals surface area (Å²) in [7, 11) is -3.43. The molecule has 8 aliphatic carbocycles. The van der Waals surface area contributed by atoms with Gasteiger partial charge in [0, 0.05) is 35.9 Å². The highest BCUT2D eigenvalue weighted by molar-refractivity contribution is 7.86. The fraction of sp³-hybridized carbons (Fsp3) is 0.746. The van der Waals surface area contributed by atoms with Crippen LogP contribution in [0.5, 0.6) is 0 Å². The molecule has 0 bridgehead atoms. The quantitative estimate of drug-likeness (QED) is 0.0861. The average Bonchev–Trinajstić information content (AvgIpc) is 1.81. The molecule has 4 heterocycles. The number of rotatable bonds is 7. The van der Waals surface area contributed by atoms with E-state index in [1.807, 2.05) is 70.5 Å². The molecule has 2 aromatic carbocycles. The van der Waals surface area contributed by atoms with E-state index in [1.54, 1.807) is 11.1 Å². The molecular formula is C71H99N5O9S. The molecule has 22 atom stereocenters. The summed E-state index contributed by atoms with van der Waals surface area (Å²) in [6, 6.07) is 20.1. The van der Waals surface area contributed by atoms with Gasteiger partial charge < -0.3 is 28.7 Å². The van der Waals surface area contributed by atoms with E-state index in [4.69, 9.17) is 28.7 Å². The smallest absolute Gasteiger partial charge is 0.410 e. The Bertz CT molecular complexity index is 3120. The predicted molar refractivity (Wildman–Crippen MR) is 331 cm³/mol. The number of likely N-dealkylation sites (tertiary alicyclic amines) is 2. The summed E-state index contributed by atoms with van der Waals surface area (Å²) in [5, 5.41) is 4.14. The van der Waals surface area contributed by atoms with Gasteiger partial charge in [0.1, 0.15) is 13.2 Å². The molecule has 2 spiro atoms. The van der Waals surface area contributed by atoms with Crippen LogP contribution in [0, 0.1) is 81.8 Å². The number of benzene rings is 2. The summed E-state index contributed by atoms with van der Waals surface area (Å²) in [6.45, 7) is 21.0. The number of amides is 2. The van der Waals surface area contributed by atoms with Crippen molar-refractivity contribution in [2.24, 2.45) is 87.0 Å². The van der Waals surface area contributed by atoms with E-state index >= 15 is 0 Å². The maximum atomic E-state index is 13.6. The third-order valence-electron chi connectivity index (χ3n) is 26.5. The fourth-order valence-corrected chi connectivity index (χ4v) is 23.0. The largest absolute Gasteiger partial charge is 0.445 e. The predicted octanol–water partition coefficient (Wildman–Crippen LogP) is 15.6. The van der Waals surface area contributed by atoms with Crippen molar-refractivity contribution in [1.82, 2.24) is 9.80 Å². The summed E-state index contributed by atoms with van der Waals surface area (Å²) in [6.07, 6.45) is 20.4. The summed E-state index contributed by atoms with van der Waals surface area (Å²) in [5.74, 6) is 6.49. The van der Waals surface area contributed by atoms with Crippen molar-refractivity contribution in [2.75, 3.05) is 19.3 Å². The first-order chi connectivity index (χ1) is 41.1. The first-order valence-electron chi connectivity index (χ1n) is 33.8. The Labute approximate surface area is 513 Å². The molecule has 14 rings (SSSR count). The Balaban J connectivity index is 0.000000160. The van der Waals surface area contributed by atoms with Crippen LogP contribution < -0.4 is 0 Å². The number of carbonyl (C=O) groups excluding carboxylic acids is 2. The number of ether oxygens (including phenoxy) is 4.